The number of rotatable bonds is 4. The summed E-state index contributed by atoms with van der Waals surface area (Å²) in [5, 5.41) is 0. The minimum absolute atomic E-state index is 0.0450. The monoisotopic (exact) mass is 404 g/mol. The van der Waals surface area contributed by atoms with Crippen molar-refractivity contribution in [2.24, 2.45) is 11.8 Å². The van der Waals surface area contributed by atoms with Gasteiger partial charge in [0, 0.05) is 25.1 Å². The van der Waals surface area contributed by atoms with Crippen LogP contribution in [0.25, 0.3) is 0 Å². The summed E-state index contributed by atoms with van der Waals surface area (Å²) in [7, 11) is 1.74. The topological polar surface area (TPSA) is 75.6 Å². The van der Waals surface area contributed by atoms with Gasteiger partial charge in [-0.15, -0.1) is 0 Å². The third-order valence-electron chi connectivity index (χ3n) is 6.58. The van der Waals surface area contributed by atoms with Gasteiger partial charge in [0.15, 0.2) is 0 Å². The third-order valence-corrected chi connectivity index (χ3v) is 6.58. The SMILES string of the molecule is Cc1ccc(N2C[C@]34C=C[C@H](O3)[C@@H](C(=O)N(C)Cc3cnccn3)[C@H]4C2=O)cc1C. The maximum atomic E-state index is 13.5. The van der Waals surface area contributed by atoms with Crippen molar-refractivity contribution >= 4 is 17.5 Å². The summed E-state index contributed by atoms with van der Waals surface area (Å²) < 4.78 is 6.24. The molecule has 2 fully saturated rings. The molecule has 154 valence electrons. The predicted molar refractivity (Wildman–Crippen MR) is 110 cm³/mol. The first-order chi connectivity index (χ1) is 14.4. The van der Waals surface area contributed by atoms with E-state index in [-0.39, 0.29) is 17.9 Å². The second kappa shape index (κ2) is 6.74. The highest BCUT2D eigenvalue weighted by atomic mass is 16.5. The lowest BCUT2D eigenvalue weighted by atomic mass is 9.76. The number of fused-ring (bicyclic) bond motifs is 1. The fourth-order valence-electron chi connectivity index (χ4n) is 4.88. The molecule has 1 aromatic carbocycles. The fourth-order valence-corrected chi connectivity index (χ4v) is 4.88. The minimum atomic E-state index is -0.728. The predicted octanol–water partition coefficient (Wildman–Crippen LogP) is 2.04. The van der Waals surface area contributed by atoms with Crippen LogP contribution in [0.3, 0.4) is 0 Å². The molecule has 4 atom stereocenters. The molecule has 3 aliphatic heterocycles. The average Bonchev–Trinajstić information content (AvgIpc) is 3.38. The molecule has 5 rings (SSSR count). The van der Waals surface area contributed by atoms with Crippen LogP contribution in [0.2, 0.25) is 0 Å². The van der Waals surface area contributed by atoms with Gasteiger partial charge in [0.2, 0.25) is 11.8 Å². The summed E-state index contributed by atoms with van der Waals surface area (Å²) in [5.41, 5.74) is 3.14. The maximum absolute atomic E-state index is 13.5. The Labute approximate surface area is 175 Å². The van der Waals surface area contributed by atoms with Crippen molar-refractivity contribution in [2.75, 3.05) is 18.5 Å². The molecule has 7 nitrogen and oxygen atoms in total. The number of hydrogen-bond donors (Lipinski definition) is 0. The van der Waals surface area contributed by atoms with Crippen molar-refractivity contribution in [3.05, 3.63) is 65.8 Å². The first kappa shape index (κ1) is 18.9. The van der Waals surface area contributed by atoms with E-state index >= 15 is 0 Å². The molecule has 0 unspecified atom stereocenters. The molecule has 3 aliphatic rings. The van der Waals surface area contributed by atoms with E-state index in [4.69, 9.17) is 4.74 Å². The zero-order valence-electron chi connectivity index (χ0n) is 17.3. The van der Waals surface area contributed by atoms with Gasteiger partial charge in [-0.2, -0.15) is 0 Å². The van der Waals surface area contributed by atoms with Crippen molar-refractivity contribution in [2.45, 2.75) is 32.1 Å². The Kier molecular flexibility index (Phi) is 4.25. The van der Waals surface area contributed by atoms with Gasteiger partial charge in [-0.25, -0.2) is 0 Å². The Bertz CT molecular complexity index is 1050. The molecule has 2 bridgehead atoms. The summed E-state index contributed by atoms with van der Waals surface area (Å²) in [6.07, 6.45) is 8.40. The normalized spacial score (nSPS) is 28.8. The van der Waals surface area contributed by atoms with Gasteiger partial charge < -0.3 is 14.5 Å². The van der Waals surface area contributed by atoms with Crippen LogP contribution in [0.1, 0.15) is 16.8 Å². The maximum Gasteiger partial charge on any atom is 0.234 e. The number of amides is 2. The highest BCUT2D eigenvalue weighted by molar-refractivity contribution is 6.03. The van der Waals surface area contributed by atoms with Crippen molar-refractivity contribution in [1.29, 1.82) is 0 Å². The molecule has 2 saturated heterocycles. The first-order valence-corrected chi connectivity index (χ1v) is 10.2. The Morgan fingerprint density at radius 1 is 1.30 bits per heavy atom. The number of anilines is 1. The van der Waals surface area contributed by atoms with E-state index in [0.29, 0.717) is 18.8 Å². The van der Waals surface area contributed by atoms with Gasteiger partial charge in [0.1, 0.15) is 5.60 Å². The molecule has 2 amide bonds. The molecule has 7 heteroatoms. The lowest BCUT2D eigenvalue weighted by Gasteiger charge is -2.27. The van der Waals surface area contributed by atoms with Crippen molar-refractivity contribution in [3.8, 4) is 0 Å². The quantitative estimate of drug-likeness (QED) is 0.729. The highest BCUT2D eigenvalue weighted by Crippen LogP contribution is 2.53. The Morgan fingerprint density at radius 3 is 2.87 bits per heavy atom. The number of carbonyl (C=O) groups excluding carboxylic acids is 2. The number of aromatic nitrogens is 2. The molecular formula is C23H24N4O3. The number of aryl methyl sites for hydroxylation is 2. The fraction of sp³-hybridized carbons (Fsp3) is 0.391. The largest absolute Gasteiger partial charge is 0.360 e. The standard InChI is InChI=1S/C23H24N4O3/c1-14-4-5-17(10-15(14)2)27-13-23-7-6-18(30-23)19(20(23)22(27)29)21(28)26(3)12-16-11-24-8-9-25-16/h4-11,18-20H,12-13H2,1-3H3/t18-,19+,20-,23-/m0/s1. The minimum Gasteiger partial charge on any atom is -0.360 e. The van der Waals surface area contributed by atoms with Gasteiger partial charge in [0.25, 0.3) is 0 Å². The second-order valence-corrected chi connectivity index (χ2v) is 8.48. The summed E-state index contributed by atoms with van der Waals surface area (Å²) >= 11 is 0. The molecule has 1 aromatic heterocycles. The van der Waals surface area contributed by atoms with Crippen LogP contribution in [0.5, 0.6) is 0 Å². The summed E-state index contributed by atoms with van der Waals surface area (Å²) in [4.78, 5) is 38.5. The number of hydrogen-bond acceptors (Lipinski definition) is 5. The van der Waals surface area contributed by atoms with E-state index in [0.717, 1.165) is 11.3 Å². The average molecular weight is 404 g/mol. The van der Waals surface area contributed by atoms with Gasteiger partial charge in [0.05, 0.1) is 42.9 Å². The molecule has 0 saturated carbocycles. The zero-order valence-corrected chi connectivity index (χ0v) is 17.3. The highest BCUT2D eigenvalue weighted by Gasteiger charge is 2.67. The van der Waals surface area contributed by atoms with Crippen LogP contribution in [-0.2, 0) is 20.9 Å². The smallest absolute Gasteiger partial charge is 0.234 e. The van der Waals surface area contributed by atoms with E-state index in [1.807, 2.05) is 44.2 Å². The van der Waals surface area contributed by atoms with Crippen LogP contribution in [0.4, 0.5) is 5.69 Å². The van der Waals surface area contributed by atoms with E-state index < -0.39 is 17.4 Å². The molecule has 0 radical (unpaired) electrons. The first-order valence-electron chi connectivity index (χ1n) is 10.2. The van der Waals surface area contributed by atoms with Crippen molar-refractivity contribution < 1.29 is 14.3 Å². The van der Waals surface area contributed by atoms with Crippen molar-refractivity contribution in [3.63, 3.8) is 0 Å². The lowest BCUT2D eigenvalue weighted by molar-refractivity contribution is -0.139. The van der Waals surface area contributed by atoms with E-state index in [9.17, 15) is 9.59 Å². The molecule has 4 heterocycles. The van der Waals surface area contributed by atoms with Gasteiger partial charge in [-0.3, -0.25) is 19.6 Å². The number of benzene rings is 1. The summed E-state index contributed by atoms with van der Waals surface area (Å²) in [6, 6.07) is 6.01. The number of ether oxygens (including phenoxy) is 1. The van der Waals surface area contributed by atoms with Crippen LogP contribution < -0.4 is 4.90 Å². The van der Waals surface area contributed by atoms with E-state index in [1.54, 1.807) is 35.4 Å². The second-order valence-electron chi connectivity index (χ2n) is 8.48. The molecule has 2 aromatic rings. The van der Waals surface area contributed by atoms with Crippen LogP contribution in [-0.4, -0.2) is 52.0 Å². The van der Waals surface area contributed by atoms with Crippen LogP contribution in [0.15, 0.2) is 48.9 Å². The number of nitrogens with zero attached hydrogens (tertiary/aromatic N) is 4. The van der Waals surface area contributed by atoms with Crippen LogP contribution in [0, 0.1) is 25.7 Å². The lowest BCUT2D eigenvalue weighted by Crippen LogP contribution is -2.44. The molecule has 30 heavy (non-hydrogen) atoms. The molecule has 0 aliphatic carbocycles. The third kappa shape index (κ3) is 2.76. The summed E-state index contributed by atoms with van der Waals surface area (Å²) in [6.45, 7) is 4.86. The Balaban J connectivity index is 1.42. The van der Waals surface area contributed by atoms with E-state index in [2.05, 4.69) is 9.97 Å². The molecule has 0 N–H and O–H groups in total. The van der Waals surface area contributed by atoms with Crippen LogP contribution >= 0.6 is 0 Å². The molecular weight excluding hydrogens is 380 g/mol. The number of carbonyl (C=O) groups is 2. The van der Waals surface area contributed by atoms with Crippen molar-refractivity contribution in [1.82, 2.24) is 14.9 Å². The van der Waals surface area contributed by atoms with Gasteiger partial charge in [-0.1, -0.05) is 18.2 Å². The molecule has 1 spiro atoms. The Hall–Kier alpha value is -3.06. The van der Waals surface area contributed by atoms with E-state index in [1.165, 1.54) is 5.56 Å². The Morgan fingerprint density at radius 2 is 2.13 bits per heavy atom. The van der Waals surface area contributed by atoms with Gasteiger partial charge >= 0.3 is 0 Å². The zero-order chi connectivity index (χ0) is 21.0. The summed E-state index contributed by atoms with van der Waals surface area (Å²) in [5.74, 6) is -1.18. The van der Waals surface area contributed by atoms with Gasteiger partial charge in [-0.05, 0) is 37.1 Å².